The van der Waals surface area contributed by atoms with E-state index in [1.807, 2.05) is 13.1 Å². The number of amides is 1. The van der Waals surface area contributed by atoms with Gasteiger partial charge in [-0.15, -0.1) is 0 Å². The fourth-order valence-electron chi connectivity index (χ4n) is 8.49. The minimum absolute atomic E-state index is 0.208. The monoisotopic (exact) mass is 458 g/mol. The summed E-state index contributed by atoms with van der Waals surface area (Å²) in [7, 11) is -1.44. The summed E-state index contributed by atoms with van der Waals surface area (Å²) in [5.74, 6) is 2.79. The van der Waals surface area contributed by atoms with Crippen LogP contribution in [0.5, 0.6) is 0 Å². The van der Waals surface area contributed by atoms with Crippen LogP contribution in [0, 0.1) is 34.5 Å². The Hall–Kier alpha value is -1.40. The van der Waals surface area contributed by atoms with Crippen LogP contribution in [0.1, 0.15) is 65.2 Å². The van der Waals surface area contributed by atoms with Gasteiger partial charge in [-0.25, -0.2) is 13.1 Å². The Bertz CT molecular complexity index is 980. The van der Waals surface area contributed by atoms with E-state index in [0.29, 0.717) is 53.5 Å². The lowest BCUT2D eigenvalue weighted by molar-refractivity contribution is -0.158. The molecule has 1 amide bonds. The maximum absolute atomic E-state index is 12.8. The molecule has 176 valence electrons. The second-order valence-corrected chi connectivity index (χ2v) is 13.2. The number of likely N-dealkylation sites (tertiary alicyclic amines) is 1. The molecule has 1 aliphatic heterocycles. The molecule has 7 atom stereocenters. The van der Waals surface area contributed by atoms with Crippen molar-refractivity contribution in [1.29, 1.82) is 0 Å². The molecule has 1 aromatic rings. The molecule has 3 aliphatic carbocycles. The number of carbonyl (C=O) groups is 1. The van der Waals surface area contributed by atoms with Gasteiger partial charge in [-0.3, -0.25) is 4.79 Å². The van der Waals surface area contributed by atoms with Crippen LogP contribution in [0.4, 0.5) is 0 Å². The topological polar surface area (TPSA) is 66.5 Å². The molecule has 1 aromatic carbocycles. The van der Waals surface area contributed by atoms with Gasteiger partial charge < -0.3 is 4.90 Å². The van der Waals surface area contributed by atoms with Crippen LogP contribution in [0.3, 0.4) is 0 Å². The van der Waals surface area contributed by atoms with E-state index in [0.717, 1.165) is 19.3 Å². The number of rotatable bonds is 4. The molecule has 5 rings (SSSR count). The standard InChI is InChI=1S/C26H38N2O3S/c1-25-15-13-22-20(10-12-23-26(22,2)16-14-24(29)28(23)3)21(25)11-9-18(25)17-27-32(30,31)19-7-5-4-6-8-19/h4-8,18,20-23,27H,9-17H2,1-3H3/t18-,20+,21+,22+,23-,25-,26-/m1/s1. The predicted molar refractivity (Wildman–Crippen MR) is 125 cm³/mol. The van der Waals surface area contributed by atoms with Gasteiger partial charge in [-0.1, -0.05) is 32.0 Å². The molecule has 0 aromatic heterocycles. The summed E-state index contributed by atoms with van der Waals surface area (Å²) in [5, 5.41) is 0. The molecule has 32 heavy (non-hydrogen) atoms. The van der Waals surface area contributed by atoms with Gasteiger partial charge in [0.1, 0.15) is 0 Å². The maximum atomic E-state index is 12.8. The zero-order chi connectivity index (χ0) is 22.7. The van der Waals surface area contributed by atoms with Crippen molar-refractivity contribution in [3.63, 3.8) is 0 Å². The van der Waals surface area contributed by atoms with E-state index < -0.39 is 10.0 Å². The van der Waals surface area contributed by atoms with E-state index in [4.69, 9.17) is 0 Å². The average Bonchev–Trinajstić information content (AvgIpc) is 3.12. The third-order valence-corrected chi connectivity index (χ3v) is 11.8. The number of benzene rings is 1. The minimum atomic E-state index is -3.46. The largest absolute Gasteiger partial charge is 0.342 e. The van der Waals surface area contributed by atoms with Crippen LogP contribution in [0.15, 0.2) is 35.2 Å². The van der Waals surface area contributed by atoms with E-state index in [1.165, 1.54) is 25.7 Å². The minimum Gasteiger partial charge on any atom is -0.342 e. The van der Waals surface area contributed by atoms with Gasteiger partial charge >= 0.3 is 0 Å². The Morgan fingerprint density at radius 2 is 1.69 bits per heavy atom. The van der Waals surface area contributed by atoms with Crippen LogP contribution in [0.25, 0.3) is 0 Å². The molecule has 0 unspecified atom stereocenters. The van der Waals surface area contributed by atoms with Gasteiger partial charge in [0.05, 0.1) is 4.90 Å². The number of sulfonamides is 1. The highest BCUT2D eigenvalue weighted by atomic mass is 32.2. The lowest BCUT2D eigenvalue weighted by Gasteiger charge is -2.61. The fourth-order valence-corrected chi connectivity index (χ4v) is 9.59. The van der Waals surface area contributed by atoms with Gasteiger partial charge in [0, 0.05) is 26.1 Å². The van der Waals surface area contributed by atoms with Crippen molar-refractivity contribution in [3.05, 3.63) is 30.3 Å². The second kappa shape index (κ2) is 7.83. The highest BCUT2D eigenvalue weighted by molar-refractivity contribution is 7.89. The molecule has 1 heterocycles. The molecular formula is C26H38N2O3S. The second-order valence-electron chi connectivity index (χ2n) is 11.5. The Morgan fingerprint density at radius 1 is 0.969 bits per heavy atom. The fraction of sp³-hybridized carbons (Fsp3) is 0.731. The number of piperidine rings is 1. The molecule has 1 saturated heterocycles. The lowest BCUT2D eigenvalue weighted by atomic mass is 9.47. The van der Waals surface area contributed by atoms with Crippen molar-refractivity contribution < 1.29 is 13.2 Å². The average molecular weight is 459 g/mol. The molecule has 0 radical (unpaired) electrons. The van der Waals surface area contributed by atoms with E-state index in [1.54, 1.807) is 24.3 Å². The summed E-state index contributed by atoms with van der Waals surface area (Å²) >= 11 is 0. The Balaban J connectivity index is 1.32. The van der Waals surface area contributed by atoms with Crippen molar-refractivity contribution in [2.45, 2.75) is 76.2 Å². The van der Waals surface area contributed by atoms with E-state index in [-0.39, 0.29) is 10.8 Å². The van der Waals surface area contributed by atoms with Gasteiger partial charge in [0.2, 0.25) is 15.9 Å². The van der Waals surface area contributed by atoms with Crippen LogP contribution in [-0.2, 0) is 14.8 Å². The molecule has 3 saturated carbocycles. The number of fused-ring (bicyclic) bond motifs is 5. The zero-order valence-electron chi connectivity index (χ0n) is 19.7. The zero-order valence-corrected chi connectivity index (χ0v) is 20.5. The SMILES string of the molecule is CN1C(=O)CC[C@]2(C)[C@H]3CC[C@]4(C)[C@@H](CNS(=O)(=O)c5ccccc5)CC[C@H]4[C@@H]3CC[C@@H]12. The Labute approximate surface area is 193 Å². The highest BCUT2D eigenvalue weighted by Crippen LogP contribution is 2.66. The summed E-state index contributed by atoms with van der Waals surface area (Å²) in [4.78, 5) is 14.8. The molecule has 0 bridgehead atoms. The molecule has 5 nitrogen and oxygen atoms in total. The summed E-state index contributed by atoms with van der Waals surface area (Å²) < 4.78 is 28.5. The molecule has 1 N–H and O–H groups in total. The van der Waals surface area contributed by atoms with Crippen molar-refractivity contribution in [1.82, 2.24) is 9.62 Å². The van der Waals surface area contributed by atoms with Gasteiger partial charge in [-0.05, 0) is 91.6 Å². The first-order chi connectivity index (χ1) is 15.2. The van der Waals surface area contributed by atoms with Crippen molar-refractivity contribution in [2.24, 2.45) is 34.5 Å². The smallest absolute Gasteiger partial charge is 0.240 e. The first-order valence-electron chi connectivity index (χ1n) is 12.5. The highest BCUT2D eigenvalue weighted by Gasteiger charge is 2.61. The predicted octanol–water partition coefficient (Wildman–Crippen LogP) is 4.44. The van der Waals surface area contributed by atoms with Crippen molar-refractivity contribution >= 4 is 15.9 Å². The Kier molecular flexibility index (Phi) is 5.48. The van der Waals surface area contributed by atoms with E-state index in [2.05, 4.69) is 23.5 Å². The third-order valence-electron chi connectivity index (χ3n) is 10.3. The maximum Gasteiger partial charge on any atom is 0.240 e. The van der Waals surface area contributed by atoms with E-state index in [9.17, 15) is 13.2 Å². The molecule has 6 heteroatoms. The van der Waals surface area contributed by atoms with Crippen LogP contribution < -0.4 is 4.72 Å². The van der Waals surface area contributed by atoms with Gasteiger partial charge in [-0.2, -0.15) is 0 Å². The summed E-state index contributed by atoms with van der Waals surface area (Å²) in [6.45, 7) is 5.44. The van der Waals surface area contributed by atoms with Crippen molar-refractivity contribution in [3.8, 4) is 0 Å². The number of hydrogen-bond acceptors (Lipinski definition) is 3. The molecule has 0 spiro atoms. The molecular weight excluding hydrogens is 420 g/mol. The number of carbonyl (C=O) groups excluding carboxylic acids is 1. The third kappa shape index (κ3) is 3.35. The first kappa shape index (κ1) is 22.4. The lowest BCUT2D eigenvalue weighted by Crippen LogP contribution is -2.61. The van der Waals surface area contributed by atoms with Crippen LogP contribution in [0.2, 0.25) is 0 Å². The van der Waals surface area contributed by atoms with Crippen LogP contribution in [-0.4, -0.2) is 38.9 Å². The molecule has 4 fully saturated rings. The summed E-state index contributed by atoms with van der Waals surface area (Å²) in [6.07, 6.45) is 8.78. The normalized spacial score (nSPS) is 41.7. The van der Waals surface area contributed by atoms with Crippen molar-refractivity contribution in [2.75, 3.05) is 13.6 Å². The van der Waals surface area contributed by atoms with Gasteiger partial charge in [0.25, 0.3) is 0 Å². The van der Waals surface area contributed by atoms with Crippen LogP contribution >= 0.6 is 0 Å². The quantitative estimate of drug-likeness (QED) is 0.725. The first-order valence-corrected chi connectivity index (χ1v) is 14.0. The number of nitrogens with one attached hydrogen (secondary N) is 1. The Morgan fingerprint density at radius 3 is 2.44 bits per heavy atom. The van der Waals surface area contributed by atoms with E-state index >= 15 is 0 Å². The van der Waals surface area contributed by atoms with Gasteiger partial charge in [0.15, 0.2) is 0 Å². The number of hydrogen-bond donors (Lipinski definition) is 1. The summed E-state index contributed by atoms with van der Waals surface area (Å²) in [5.41, 5.74) is 0.444. The summed E-state index contributed by atoms with van der Waals surface area (Å²) in [6, 6.07) is 9.11. The number of nitrogens with zero attached hydrogens (tertiary/aromatic N) is 1. The molecule has 4 aliphatic rings.